The number of amidine groups is 1. The molecule has 2 aromatic rings. The molecule has 0 amide bonds. The molecule has 92 valence electrons. The number of nitrogens with one attached hydrogen (secondary N) is 1. The molecule has 0 aliphatic carbocycles. The molecule has 0 radical (unpaired) electrons. The summed E-state index contributed by atoms with van der Waals surface area (Å²) in [5.74, 6) is 0.903. The van der Waals surface area contributed by atoms with Crippen molar-refractivity contribution in [3.63, 3.8) is 0 Å². The van der Waals surface area contributed by atoms with Crippen LogP contribution in [0.1, 0.15) is 11.3 Å². The molecule has 5 heteroatoms. The van der Waals surface area contributed by atoms with E-state index in [1.165, 1.54) is 0 Å². The first-order valence-corrected chi connectivity index (χ1v) is 5.55. The molecule has 1 aromatic carbocycles. The van der Waals surface area contributed by atoms with Crippen LogP contribution in [0.3, 0.4) is 0 Å². The van der Waals surface area contributed by atoms with Gasteiger partial charge >= 0.3 is 0 Å². The van der Waals surface area contributed by atoms with E-state index < -0.39 is 0 Å². The number of aromatic nitrogens is 2. The smallest absolute Gasteiger partial charge is 0.136 e. The number of rotatable bonds is 3. The first kappa shape index (κ1) is 12.0. The Morgan fingerprint density at radius 1 is 1.22 bits per heavy atom. The number of nitrogen functional groups attached to an aromatic ring is 1. The maximum absolute atomic E-state index is 7.35. The van der Waals surface area contributed by atoms with Gasteiger partial charge in [-0.15, -0.1) is 0 Å². The molecular formula is C13H15N5. The third-order valence-electron chi connectivity index (χ3n) is 2.70. The van der Waals surface area contributed by atoms with Gasteiger partial charge in [-0.1, -0.05) is 0 Å². The maximum atomic E-state index is 7.35. The van der Waals surface area contributed by atoms with Crippen molar-refractivity contribution in [1.82, 2.24) is 9.97 Å². The van der Waals surface area contributed by atoms with E-state index in [-0.39, 0.29) is 5.84 Å². The monoisotopic (exact) mass is 241 g/mol. The maximum Gasteiger partial charge on any atom is 0.136 e. The van der Waals surface area contributed by atoms with Crippen molar-refractivity contribution < 1.29 is 0 Å². The van der Waals surface area contributed by atoms with E-state index in [0.29, 0.717) is 5.56 Å². The van der Waals surface area contributed by atoms with Crippen molar-refractivity contribution in [2.75, 3.05) is 11.9 Å². The molecular weight excluding hydrogens is 226 g/mol. The summed E-state index contributed by atoms with van der Waals surface area (Å²) in [5.41, 5.74) is 8.04. The van der Waals surface area contributed by atoms with E-state index >= 15 is 0 Å². The van der Waals surface area contributed by atoms with E-state index in [0.717, 1.165) is 17.2 Å². The van der Waals surface area contributed by atoms with Crippen LogP contribution >= 0.6 is 0 Å². The molecule has 0 fully saturated rings. The van der Waals surface area contributed by atoms with Crippen molar-refractivity contribution in [3.05, 3.63) is 47.9 Å². The summed E-state index contributed by atoms with van der Waals surface area (Å²) in [6.07, 6.45) is 1.55. The predicted octanol–water partition coefficient (Wildman–Crippen LogP) is 1.84. The quantitative estimate of drug-likeness (QED) is 0.634. The highest BCUT2D eigenvalue weighted by molar-refractivity contribution is 5.95. The lowest BCUT2D eigenvalue weighted by atomic mass is 10.2. The Hall–Kier alpha value is -2.43. The van der Waals surface area contributed by atoms with Crippen molar-refractivity contribution in [3.8, 4) is 0 Å². The van der Waals surface area contributed by atoms with Gasteiger partial charge in [-0.25, -0.2) is 9.97 Å². The van der Waals surface area contributed by atoms with Crippen molar-refractivity contribution in [1.29, 1.82) is 5.41 Å². The number of anilines is 2. The molecule has 18 heavy (non-hydrogen) atoms. The SMILES string of the molecule is Cc1cc(N(C)c2ccc(C(=N)N)cc2)ncn1. The van der Waals surface area contributed by atoms with Gasteiger partial charge in [0.15, 0.2) is 0 Å². The molecule has 0 aliphatic heterocycles. The van der Waals surface area contributed by atoms with Gasteiger partial charge in [-0.2, -0.15) is 0 Å². The first-order chi connectivity index (χ1) is 8.58. The molecule has 0 unspecified atom stereocenters. The van der Waals surface area contributed by atoms with Gasteiger partial charge < -0.3 is 10.6 Å². The predicted molar refractivity (Wildman–Crippen MR) is 72.3 cm³/mol. The van der Waals surface area contributed by atoms with Gasteiger partial charge in [-0.05, 0) is 31.2 Å². The molecule has 0 saturated heterocycles. The molecule has 1 heterocycles. The van der Waals surface area contributed by atoms with Crippen molar-refractivity contribution in [2.24, 2.45) is 5.73 Å². The third kappa shape index (κ3) is 2.45. The Kier molecular flexibility index (Phi) is 3.23. The van der Waals surface area contributed by atoms with Crippen molar-refractivity contribution in [2.45, 2.75) is 6.92 Å². The van der Waals surface area contributed by atoms with Crippen LogP contribution in [-0.4, -0.2) is 22.9 Å². The average Bonchev–Trinajstić information content (AvgIpc) is 2.38. The number of hydrogen-bond acceptors (Lipinski definition) is 4. The number of nitrogens with zero attached hydrogens (tertiary/aromatic N) is 3. The van der Waals surface area contributed by atoms with Gasteiger partial charge in [0.1, 0.15) is 18.0 Å². The molecule has 1 aromatic heterocycles. The van der Waals surface area contributed by atoms with Crippen LogP contribution in [0.4, 0.5) is 11.5 Å². The minimum atomic E-state index is 0.0714. The average molecular weight is 241 g/mol. The molecule has 0 saturated carbocycles. The normalized spacial score (nSPS) is 10.1. The van der Waals surface area contributed by atoms with E-state index in [2.05, 4.69) is 9.97 Å². The third-order valence-corrected chi connectivity index (χ3v) is 2.70. The summed E-state index contributed by atoms with van der Waals surface area (Å²) in [6.45, 7) is 1.93. The van der Waals surface area contributed by atoms with Crippen LogP contribution in [-0.2, 0) is 0 Å². The van der Waals surface area contributed by atoms with Crippen LogP contribution in [0.5, 0.6) is 0 Å². The van der Waals surface area contributed by atoms with Crippen LogP contribution < -0.4 is 10.6 Å². The van der Waals surface area contributed by atoms with E-state index in [9.17, 15) is 0 Å². The Bertz CT molecular complexity index is 562. The lowest BCUT2D eigenvalue weighted by Gasteiger charge is -2.18. The summed E-state index contributed by atoms with van der Waals surface area (Å²) in [4.78, 5) is 10.2. The second-order valence-electron chi connectivity index (χ2n) is 4.04. The Labute approximate surface area is 106 Å². The van der Waals surface area contributed by atoms with Crippen LogP contribution in [0.15, 0.2) is 36.7 Å². The molecule has 0 aliphatic rings. The Morgan fingerprint density at radius 2 is 1.89 bits per heavy atom. The van der Waals surface area contributed by atoms with E-state index in [1.807, 2.05) is 49.2 Å². The topological polar surface area (TPSA) is 78.9 Å². The highest BCUT2D eigenvalue weighted by Crippen LogP contribution is 2.21. The van der Waals surface area contributed by atoms with Crippen LogP contribution in [0.25, 0.3) is 0 Å². The van der Waals surface area contributed by atoms with Crippen LogP contribution in [0.2, 0.25) is 0 Å². The second kappa shape index (κ2) is 4.83. The molecule has 0 spiro atoms. The molecule has 0 atom stereocenters. The second-order valence-corrected chi connectivity index (χ2v) is 4.04. The minimum absolute atomic E-state index is 0.0714. The van der Waals surface area contributed by atoms with Crippen LogP contribution in [0, 0.1) is 12.3 Å². The Balaban J connectivity index is 2.28. The fourth-order valence-electron chi connectivity index (χ4n) is 1.62. The first-order valence-electron chi connectivity index (χ1n) is 5.55. The van der Waals surface area contributed by atoms with Crippen molar-refractivity contribution >= 4 is 17.3 Å². The lowest BCUT2D eigenvalue weighted by molar-refractivity contribution is 1.05. The minimum Gasteiger partial charge on any atom is -0.384 e. The molecule has 0 bridgehead atoms. The molecule has 5 nitrogen and oxygen atoms in total. The summed E-state index contributed by atoms with van der Waals surface area (Å²) < 4.78 is 0. The molecule has 3 N–H and O–H groups in total. The fraction of sp³-hybridized carbons (Fsp3) is 0.154. The molecule has 2 rings (SSSR count). The zero-order chi connectivity index (χ0) is 13.1. The zero-order valence-corrected chi connectivity index (χ0v) is 10.4. The van der Waals surface area contributed by atoms with Gasteiger partial charge in [0.2, 0.25) is 0 Å². The Morgan fingerprint density at radius 3 is 2.44 bits per heavy atom. The van der Waals surface area contributed by atoms with E-state index in [4.69, 9.17) is 11.1 Å². The number of hydrogen-bond donors (Lipinski definition) is 2. The van der Waals surface area contributed by atoms with Gasteiger partial charge in [0.05, 0.1) is 0 Å². The fourth-order valence-corrected chi connectivity index (χ4v) is 1.62. The summed E-state index contributed by atoms with van der Waals surface area (Å²) >= 11 is 0. The standard InChI is InChI=1S/C13H15N5/c1-9-7-12(17-8-16-9)18(2)11-5-3-10(4-6-11)13(14)15/h3-8H,1-2H3,(H3,14,15). The summed E-state index contributed by atoms with van der Waals surface area (Å²) in [6, 6.07) is 9.38. The summed E-state index contributed by atoms with van der Waals surface area (Å²) in [5, 5.41) is 7.35. The summed E-state index contributed by atoms with van der Waals surface area (Å²) in [7, 11) is 1.94. The van der Waals surface area contributed by atoms with Gasteiger partial charge in [0.25, 0.3) is 0 Å². The highest BCUT2D eigenvalue weighted by Gasteiger charge is 2.06. The largest absolute Gasteiger partial charge is 0.384 e. The van der Waals surface area contributed by atoms with Gasteiger partial charge in [0, 0.05) is 30.1 Å². The lowest BCUT2D eigenvalue weighted by Crippen LogP contribution is -2.13. The highest BCUT2D eigenvalue weighted by atomic mass is 15.2. The zero-order valence-electron chi connectivity index (χ0n) is 10.4. The number of nitrogens with two attached hydrogens (primary N) is 1. The van der Waals surface area contributed by atoms with Gasteiger partial charge in [-0.3, -0.25) is 5.41 Å². The number of aryl methyl sites for hydroxylation is 1. The van der Waals surface area contributed by atoms with E-state index in [1.54, 1.807) is 6.33 Å². The number of benzene rings is 1.